The molecule has 6 nitrogen and oxygen atoms in total. The summed E-state index contributed by atoms with van der Waals surface area (Å²) in [6.07, 6.45) is 0.749. The van der Waals surface area contributed by atoms with Crippen LogP contribution in [0.1, 0.15) is 20.3 Å². The van der Waals surface area contributed by atoms with Gasteiger partial charge in [0, 0.05) is 11.6 Å². The molecule has 0 fully saturated rings. The average Bonchev–Trinajstić information content (AvgIpc) is 2.36. The van der Waals surface area contributed by atoms with E-state index >= 15 is 0 Å². The molecule has 0 aliphatic carbocycles. The second-order valence-electron chi connectivity index (χ2n) is 4.42. The molecular formula is C12H18N2O4. The molecule has 1 rings (SSSR count). The van der Waals surface area contributed by atoms with Crippen LogP contribution < -0.4 is 15.2 Å². The molecule has 0 aromatic heterocycles. The van der Waals surface area contributed by atoms with Gasteiger partial charge in [-0.2, -0.15) is 0 Å². The highest BCUT2D eigenvalue weighted by Gasteiger charge is 2.18. The van der Waals surface area contributed by atoms with Crippen molar-refractivity contribution in [1.82, 2.24) is 0 Å². The largest absolute Gasteiger partial charge is 0.496 e. The molecule has 1 unspecified atom stereocenters. The van der Waals surface area contributed by atoms with Crippen LogP contribution in [-0.2, 0) is 0 Å². The van der Waals surface area contributed by atoms with E-state index in [-0.39, 0.29) is 12.3 Å². The number of benzene rings is 1. The number of rotatable bonds is 6. The Balaban J connectivity index is 2.88. The maximum Gasteiger partial charge on any atom is 0.276 e. The van der Waals surface area contributed by atoms with Gasteiger partial charge in [0.25, 0.3) is 5.69 Å². The molecule has 100 valence electrons. The molecule has 18 heavy (non-hydrogen) atoms. The number of methoxy groups -OCH3 is 1. The van der Waals surface area contributed by atoms with Gasteiger partial charge >= 0.3 is 0 Å². The number of hydrogen-bond donors (Lipinski definition) is 1. The first-order chi connectivity index (χ1) is 8.38. The van der Waals surface area contributed by atoms with Gasteiger partial charge in [-0.15, -0.1) is 0 Å². The summed E-state index contributed by atoms with van der Waals surface area (Å²) in [7, 11) is 1.45. The van der Waals surface area contributed by atoms with Gasteiger partial charge < -0.3 is 15.2 Å². The van der Waals surface area contributed by atoms with Crippen LogP contribution in [0.5, 0.6) is 11.5 Å². The first kappa shape index (κ1) is 14.2. The molecule has 0 aliphatic heterocycles. The number of nitrogens with two attached hydrogens (primary N) is 1. The van der Waals surface area contributed by atoms with E-state index in [1.165, 1.54) is 19.2 Å². The van der Waals surface area contributed by atoms with E-state index in [4.69, 9.17) is 15.2 Å². The van der Waals surface area contributed by atoms with E-state index in [0.717, 1.165) is 6.42 Å². The molecule has 1 aromatic carbocycles. The van der Waals surface area contributed by atoms with Gasteiger partial charge in [-0.3, -0.25) is 10.1 Å². The molecular weight excluding hydrogens is 236 g/mol. The lowest BCUT2D eigenvalue weighted by atomic mass is 10.0. The van der Waals surface area contributed by atoms with Crippen LogP contribution in [0.3, 0.4) is 0 Å². The zero-order chi connectivity index (χ0) is 13.8. The van der Waals surface area contributed by atoms with Crippen molar-refractivity contribution < 1.29 is 14.4 Å². The van der Waals surface area contributed by atoms with Gasteiger partial charge in [0.15, 0.2) is 0 Å². The standard InChI is InChI=1S/C12H18N2O4/c1-4-12(2,13)8-18-11-6-9(14(15)16)5-10(7-11)17-3/h5-7H,4,8,13H2,1-3H3. The Morgan fingerprint density at radius 2 is 2.00 bits per heavy atom. The first-order valence-corrected chi connectivity index (χ1v) is 5.63. The maximum absolute atomic E-state index is 10.7. The fraction of sp³-hybridized carbons (Fsp3) is 0.500. The first-order valence-electron chi connectivity index (χ1n) is 5.63. The number of hydrogen-bond acceptors (Lipinski definition) is 5. The number of nitrogens with zero attached hydrogens (tertiary/aromatic N) is 1. The van der Waals surface area contributed by atoms with Crippen molar-refractivity contribution in [3.63, 3.8) is 0 Å². The maximum atomic E-state index is 10.7. The lowest BCUT2D eigenvalue weighted by Crippen LogP contribution is -2.41. The van der Waals surface area contributed by atoms with Crippen molar-refractivity contribution in [2.24, 2.45) is 5.73 Å². The van der Waals surface area contributed by atoms with E-state index in [9.17, 15) is 10.1 Å². The van der Waals surface area contributed by atoms with Gasteiger partial charge in [0.1, 0.15) is 18.1 Å². The van der Waals surface area contributed by atoms with E-state index < -0.39 is 10.5 Å². The second-order valence-corrected chi connectivity index (χ2v) is 4.42. The van der Waals surface area contributed by atoms with E-state index in [0.29, 0.717) is 11.5 Å². The molecule has 0 amide bonds. The summed E-state index contributed by atoms with van der Waals surface area (Å²) in [6.45, 7) is 4.10. The predicted octanol–water partition coefficient (Wildman–Crippen LogP) is 2.11. The Morgan fingerprint density at radius 1 is 1.39 bits per heavy atom. The highest BCUT2D eigenvalue weighted by molar-refractivity contribution is 5.46. The Labute approximate surface area is 106 Å². The van der Waals surface area contributed by atoms with Crippen LogP contribution in [0.25, 0.3) is 0 Å². The third kappa shape index (κ3) is 3.89. The fourth-order valence-electron chi connectivity index (χ4n) is 1.21. The number of non-ortho nitro benzene ring substituents is 1. The lowest BCUT2D eigenvalue weighted by molar-refractivity contribution is -0.385. The molecule has 0 heterocycles. The SMILES string of the molecule is CCC(C)(N)COc1cc(OC)cc([N+](=O)[O-])c1. The Bertz CT molecular complexity index is 432. The topological polar surface area (TPSA) is 87.6 Å². The number of ether oxygens (including phenoxy) is 2. The fourth-order valence-corrected chi connectivity index (χ4v) is 1.21. The van der Waals surface area contributed by atoms with Crippen molar-refractivity contribution in [2.75, 3.05) is 13.7 Å². The monoisotopic (exact) mass is 254 g/mol. The van der Waals surface area contributed by atoms with Crippen LogP contribution in [0.15, 0.2) is 18.2 Å². The third-order valence-corrected chi connectivity index (χ3v) is 2.69. The molecule has 2 N–H and O–H groups in total. The summed E-state index contributed by atoms with van der Waals surface area (Å²) in [6, 6.07) is 4.29. The molecule has 1 aromatic rings. The summed E-state index contributed by atoms with van der Waals surface area (Å²) in [5.74, 6) is 0.764. The van der Waals surface area contributed by atoms with Crippen LogP contribution in [0.4, 0.5) is 5.69 Å². The zero-order valence-corrected chi connectivity index (χ0v) is 10.8. The van der Waals surface area contributed by atoms with Crippen molar-refractivity contribution >= 4 is 5.69 Å². The Morgan fingerprint density at radius 3 is 2.50 bits per heavy atom. The summed E-state index contributed by atoms with van der Waals surface area (Å²) < 4.78 is 10.5. The minimum absolute atomic E-state index is 0.0698. The summed E-state index contributed by atoms with van der Waals surface area (Å²) in [5, 5.41) is 10.7. The number of nitro groups is 1. The lowest BCUT2D eigenvalue weighted by Gasteiger charge is -2.22. The van der Waals surface area contributed by atoms with E-state index in [2.05, 4.69) is 0 Å². The zero-order valence-electron chi connectivity index (χ0n) is 10.8. The van der Waals surface area contributed by atoms with Crippen LogP contribution >= 0.6 is 0 Å². The summed E-state index contributed by atoms with van der Waals surface area (Å²) >= 11 is 0. The predicted molar refractivity (Wildman–Crippen MR) is 68.0 cm³/mol. The van der Waals surface area contributed by atoms with Gasteiger partial charge in [-0.1, -0.05) is 6.92 Å². The number of nitro benzene ring substituents is 1. The van der Waals surface area contributed by atoms with Gasteiger partial charge in [0.2, 0.25) is 0 Å². The minimum Gasteiger partial charge on any atom is -0.496 e. The average molecular weight is 254 g/mol. The van der Waals surface area contributed by atoms with Gasteiger partial charge in [-0.05, 0) is 13.3 Å². The highest BCUT2D eigenvalue weighted by Crippen LogP contribution is 2.27. The molecule has 0 saturated heterocycles. The smallest absolute Gasteiger partial charge is 0.276 e. The highest BCUT2D eigenvalue weighted by atomic mass is 16.6. The molecule has 0 radical (unpaired) electrons. The molecule has 6 heteroatoms. The minimum atomic E-state index is -0.489. The van der Waals surface area contributed by atoms with Gasteiger partial charge in [0.05, 0.1) is 24.2 Å². The molecule has 0 spiro atoms. The van der Waals surface area contributed by atoms with Crippen molar-refractivity contribution in [3.8, 4) is 11.5 Å². The summed E-state index contributed by atoms with van der Waals surface area (Å²) in [4.78, 5) is 10.3. The Hall–Kier alpha value is -1.82. The van der Waals surface area contributed by atoms with Crippen molar-refractivity contribution in [1.29, 1.82) is 0 Å². The normalized spacial score (nSPS) is 13.8. The van der Waals surface area contributed by atoms with E-state index in [1.54, 1.807) is 6.07 Å². The molecule has 0 bridgehead atoms. The van der Waals surface area contributed by atoms with Crippen molar-refractivity contribution in [2.45, 2.75) is 25.8 Å². The van der Waals surface area contributed by atoms with Crippen LogP contribution in [-0.4, -0.2) is 24.2 Å². The van der Waals surface area contributed by atoms with Crippen LogP contribution in [0, 0.1) is 10.1 Å². The quantitative estimate of drug-likeness (QED) is 0.620. The van der Waals surface area contributed by atoms with Gasteiger partial charge in [-0.25, -0.2) is 0 Å². The molecule has 0 saturated carbocycles. The molecule has 0 aliphatic rings. The van der Waals surface area contributed by atoms with Crippen LogP contribution in [0.2, 0.25) is 0 Å². The third-order valence-electron chi connectivity index (χ3n) is 2.69. The molecule has 1 atom stereocenters. The Kier molecular flexibility index (Phi) is 4.49. The second kappa shape index (κ2) is 5.68. The van der Waals surface area contributed by atoms with E-state index in [1.807, 2.05) is 13.8 Å². The summed E-state index contributed by atoms with van der Waals surface area (Å²) in [5.41, 5.74) is 5.41. The van der Waals surface area contributed by atoms with Crippen molar-refractivity contribution in [3.05, 3.63) is 28.3 Å².